The summed E-state index contributed by atoms with van der Waals surface area (Å²) in [5, 5.41) is 22.6. The monoisotopic (exact) mass is 555 g/mol. The van der Waals surface area contributed by atoms with Crippen LogP contribution in [0.4, 0.5) is 5.82 Å². The Kier molecular flexibility index (Phi) is 7.58. The van der Waals surface area contributed by atoms with Gasteiger partial charge in [-0.1, -0.05) is 22.8 Å². The average molecular weight is 556 g/mol. The number of halogens is 1. The molecule has 1 aliphatic rings. The molecule has 0 bridgehead atoms. The Morgan fingerprint density at radius 2 is 2.24 bits per heavy atom. The van der Waals surface area contributed by atoms with Gasteiger partial charge >= 0.3 is 0 Å². The maximum atomic E-state index is 12.3. The molecule has 1 aliphatic heterocycles. The zero-order chi connectivity index (χ0) is 26.6. The number of amides is 1. The fourth-order valence-electron chi connectivity index (χ4n) is 4.15. The molecule has 196 valence electrons. The van der Waals surface area contributed by atoms with E-state index in [9.17, 15) is 9.90 Å². The van der Waals surface area contributed by atoms with Crippen molar-refractivity contribution in [2.24, 2.45) is 5.11 Å². The third kappa shape index (κ3) is 5.08. The maximum absolute atomic E-state index is 12.3. The van der Waals surface area contributed by atoms with Crippen molar-refractivity contribution in [3.05, 3.63) is 74.3 Å². The molecule has 4 aromatic rings. The fraction of sp³-hybridized carbons (Fsp3) is 0.304. The summed E-state index contributed by atoms with van der Waals surface area (Å²) in [6.45, 7) is 0.769. The van der Waals surface area contributed by atoms with E-state index in [4.69, 9.17) is 26.6 Å². The second kappa shape index (κ2) is 11.2. The molecule has 1 aromatic carbocycles. The van der Waals surface area contributed by atoms with Gasteiger partial charge in [-0.25, -0.2) is 15.0 Å². The minimum absolute atomic E-state index is 0.333. The van der Waals surface area contributed by atoms with Crippen molar-refractivity contribution in [1.29, 1.82) is 0 Å². The second-order valence-corrected chi connectivity index (χ2v) is 9.74. The largest absolute Gasteiger partial charge is 0.488 e. The molecule has 38 heavy (non-hydrogen) atoms. The number of nitrogens with one attached hydrogen (secondary N) is 2. The van der Waals surface area contributed by atoms with Crippen LogP contribution in [-0.2, 0) is 22.7 Å². The molecule has 4 atom stereocenters. The lowest BCUT2D eigenvalue weighted by atomic mass is 10.1. The minimum atomic E-state index is -1.31. The number of carbonyl (C=O) groups excluding carboxylic acids is 1. The summed E-state index contributed by atoms with van der Waals surface area (Å²) in [6.07, 6.45) is -0.787. The molecule has 13 nitrogen and oxygen atoms in total. The number of fused-ring (bicyclic) bond motifs is 1. The van der Waals surface area contributed by atoms with Crippen LogP contribution in [0.5, 0.6) is 5.75 Å². The number of benzene rings is 1. The van der Waals surface area contributed by atoms with Crippen molar-refractivity contribution in [3.63, 3.8) is 0 Å². The highest BCUT2D eigenvalue weighted by atomic mass is 35.5. The molecule has 15 heteroatoms. The van der Waals surface area contributed by atoms with Crippen LogP contribution < -0.4 is 15.4 Å². The molecule has 1 fully saturated rings. The van der Waals surface area contributed by atoms with Crippen LogP contribution in [0.2, 0.25) is 5.02 Å². The van der Waals surface area contributed by atoms with E-state index in [0.29, 0.717) is 40.9 Å². The number of nitrogens with zero attached hydrogens (tertiary/aromatic N) is 7. The van der Waals surface area contributed by atoms with E-state index in [1.54, 1.807) is 17.4 Å². The lowest BCUT2D eigenvalue weighted by Crippen LogP contribution is -2.40. The van der Waals surface area contributed by atoms with E-state index in [2.05, 4.69) is 35.6 Å². The molecule has 1 amide bonds. The van der Waals surface area contributed by atoms with Crippen molar-refractivity contribution in [2.45, 2.75) is 37.6 Å². The number of aromatic nitrogens is 4. The molecule has 0 aliphatic carbocycles. The highest BCUT2D eigenvalue weighted by molar-refractivity contribution is 7.09. The number of azide groups is 1. The van der Waals surface area contributed by atoms with Gasteiger partial charge in [0.05, 0.1) is 6.33 Å². The molecular weight excluding hydrogens is 534 g/mol. The Labute approximate surface area is 225 Å². The second-order valence-electron chi connectivity index (χ2n) is 8.27. The predicted octanol–water partition coefficient (Wildman–Crippen LogP) is 3.42. The fourth-order valence-corrected chi connectivity index (χ4v) is 4.96. The predicted molar refractivity (Wildman–Crippen MR) is 140 cm³/mol. The Morgan fingerprint density at radius 3 is 3.00 bits per heavy atom. The van der Waals surface area contributed by atoms with Crippen molar-refractivity contribution < 1.29 is 19.4 Å². The summed E-state index contributed by atoms with van der Waals surface area (Å²) in [7, 11) is 1.43. The number of hydrogen-bond donors (Lipinski definition) is 3. The summed E-state index contributed by atoms with van der Waals surface area (Å²) in [6, 6.07) is 8.24. The van der Waals surface area contributed by atoms with Gasteiger partial charge in [-0.3, -0.25) is 9.36 Å². The number of imidazole rings is 1. The van der Waals surface area contributed by atoms with Crippen molar-refractivity contribution in [2.75, 3.05) is 12.4 Å². The van der Waals surface area contributed by atoms with Gasteiger partial charge in [0.1, 0.15) is 36.9 Å². The SMILES string of the molecule is CNC(=O)[C@H]1O[C@@H](n2cnc3c(NCc4cc(Cl)ccc4OCc4cccs4)ncnc32)[C@H](O)[C@@H]1N=[N+]=[N-]. The summed E-state index contributed by atoms with van der Waals surface area (Å²) in [5.74, 6) is 0.585. The van der Waals surface area contributed by atoms with E-state index in [0.717, 1.165) is 10.4 Å². The van der Waals surface area contributed by atoms with E-state index in [1.165, 1.54) is 24.3 Å². The van der Waals surface area contributed by atoms with E-state index in [-0.39, 0.29) is 0 Å². The lowest BCUT2D eigenvalue weighted by molar-refractivity contribution is -0.134. The number of likely N-dealkylation sites (N-methyl/N-ethyl adjacent to an activating group) is 1. The summed E-state index contributed by atoms with van der Waals surface area (Å²) in [4.78, 5) is 29.1. The topological polar surface area (TPSA) is 172 Å². The normalized spacial score (nSPS) is 20.7. The van der Waals surface area contributed by atoms with Crippen LogP contribution >= 0.6 is 22.9 Å². The van der Waals surface area contributed by atoms with Gasteiger partial charge in [0.2, 0.25) is 5.91 Å². The van der Waals surface area contributed by atoms with Crippen LogP contribution in [0, 0.1) is 0 Å². The zero-order valence-corrected chi connectivity index (χ0v) is 21.5. The highest BCUT2D eigenvalue weighted by Crippen LogP contribution is 2.34. The van der Waals surface area contributed by atoms with Crippen LogP contribution in [-0.4, -0.2) is 55.8 Å². The first-order valence-electron chi connectivity index (χ1n) is 11.4. The Hall–Kier alpha value is -3.94. The van der Waals surface area contributed by atoms with Crippen LogP contribution in [0.1, 0.15) is 16.7 Å². The number of hydrogen-bond acceptors (Lipinski definition) is 10. The number of aliphatic hydroxyl groups is 1. The molecule has 0 unspecified atom stereocenters. The molecule has 0 radical (unpaired) electrons. The van der Waals surface area contributed by atoms with Gasteiger partial charge in [0.15, 0.2) is 23.2 Å². The van der Waals surface area contributed by atoms with E-state index >= 15 is 0 Å². The number of ether oxygens (including phenoxy) is 2. The first kappa shape index (κ1) is 25.7. The van der Waals surface area contributed by atoms with Crippen LogP contribution in [0.15, 0.2) is 53.5 Å². The van der Waals surface area contributed by atoms with E-state index < -0.39 is 30.4 Å². The van der Waals surface area contributed by atoms with Crippen molar-refractivity contribution >= 4 is 45.8 Å². The number of carbonyl (C=O) groups is 1. The molecule has 5 rings (SSSR count). The summed E-state index contributed by atoms with van der Waals surface area (Å²) in [5.41, 5.74) is 10.5. The lowest BCUT2D eigenvalue weighted by Gasteiger charge is -2.17. The quantitative estimate of drug-likeness (QED) is 0.160. The van der Waals surface area contributed by atoms with Crippen molar-refractivity contribution in [1.82, 2.24) is 24.8 Å². The Bertz CT molecular complexity index is 1490. The first-order chi connectivity index (χ1) is 18.5. The number of aliphatic hydroxyl groups excluding tert-OH is 1. The Morgan fingerprint density at radius 1 is 1.37 bits per heavy atom. The third-order valence-corrected chi connectivity index (χ3v) is 7.06. The molecular formula is C23H22ClN9O4S. The first-order valence-corrected chi connectivity index (χ1v) is 12.7. The highest BCUT2D eigenvalue weighted by Gasteiger charge is 2.48. The molecule has 4 heterocycles. The molecule has 0 spiro atoms. The van der Waals surface area contributed by atoms with Crippen LogP contribution in [0.3, 0.4) is 0 Å². The van der Waals surface area contributed by atoms with Crippen LogP contribution in [0.25, 0.3) is 21.6 Å². The van der Waals surface area contributed by atoms with E-state index in [1.807, 2.05) is 29.6 Å². The third-order valence-electron chi connectivity index (χ3n) is 5.98. The van der Waals surface area contributed by atoms with Gasteiger partial charge < -0.3 is 25.2 Å². The van der Waals surface area contributed by atoms with Gasteiger partial charge in [-0.15, -0.1) is 11.3 Å². The number of anilines is 1. The molecule has 0 saturated carbocycles. The average Bonchev–Trinajstić information content (AvgIpc) is 3.67. The standard InChI is InChI=1S/C23H22ClN9O4S/c1-26-22(35)19-16(31-32-25)18(34)23(37-19)33-11-30-17-20(28-10-29-21(17)33)27-8-12-7-13(24)4-5-15(12)36-9-14-3-2-6-38-14/h2-7,10-11,16,18-19,23,34H,8-9H2,1H3,(H,26,35)(H,27,28,29)/t16-,18+,19-,23+/m0/s1. The number of thiophene rings is 1. The van der Waals surface area contributed by atoms with Gasteiger partial charge in [0, 0.05) is 34.0 Å². The van der Waals surface area contributed by atoms with Gasteiger partial charge in [-0.2, -0.15) is 0 Å². The molecule has 3 aromatic heterocycles. The summed E-state index contributed by atoms with van der Waals surface area (Å²) < 4.78 is 13.3. The Balaban J connectivity index is 1.38. The molecule has 1 saturated heterocycles. The van der Waals surface area contributed by atoms with Crippen molar-refractivity contribution in [3.8, 4) is 5.75 Å². The maximum Gasteiger partial charge on any atom is 0.249 e. The zero-order valence-electron chi connectivity index (χ0n) is 19.9. The van der Waals surface area contributed by atoms with Gasteiger partial charge in [0.25, 0.3) is 0 Å². The van der Waals surface area contributed by atoms with Gasteiger partial charge in [-0.05, 0) is 35.2 Å². The molecule has 3 N–H and O–H groups in total. The number of rotatable bonds is 9. The summed E-state index contributed by atoms with van der Waals surface area (Å²) >= 11 is 7.86. The minimum Gasteiger partial charge on any atom is -0.488 e. The smallest absolute Gasteiger partial charge is 0.249 e.